The van der Waals surface area contributed by atoms with Crippen LogP contribution in [-0.4, -0.2) is 0 Å². The van der Waals surface area contributed by atoms with Crippen LogP contribution in [0.1, 0.15) is 25.0 Å². The summed E-state index contributed by atoms with van der Waals surface area (Å²) in [5.74, 6) is 0. The summed E-state index contributed by atoms with van der Waals surface area (Å²) in [7, 11) is 0. The lowest BCUT2D eigenvalue weighted by Crippen LogP contribution is -2.16. The van der Waals surface area contributed by atoms with Crippen LogP contribution in [0.3, 0.4) is 0 Å². The third-order valence-electron chi connectivity index (χ3n) is 13.8. The first kappa shape index (κ1) is 38.7. The second-order valence-corrected chi connectivity index (χ2v) is 20.1. The maximum absolute atomic E-state index is 3.50. The number of hydrogen-bond donors (Lipinski definition) is 0. The van der Waals surface area contributed by atoms with Gasteiger partial charge < -0.3 is 4.90 Å². The number of nitrogens with zero attached hydrogens (tertiary/aromatic N) is 1. The molecule has 0 N–H and O–H groups in total. The molecule has 0 aliphatic heterocycles. The molecule has 1 aliphatic rings. The minimum absolute atomic E-state index is 0.113. The van der Waals surface area contributed by atoms with E-state index in [1.54, 1.807) is 0 Å². The first-order chi connectivity index (χ1) is 32.4. The van der Waals surface area contributed by atoms with Crippen LogP contribution >= 0.6 is 22.7 Å². The van der Waals surface area contributed by atoms with Gasteiger partial charge in [0.15, 0.2) is 0 Å². The van der Waals surface area contributed by atoms with Gasteiger partial charge in [-0.1, -0.05) is 153 Å². The highest BCUT2D eigenvalue weighted by atomic mass is 32.1. The molecule has 13 rings (SSSR count). The van der Waals surface area contributed by atoms with Crippen molar-refractivity contribution in [3.05, 3.63) is 236 Å². The standard InChI is InChI=1S/C63H41NS2/c1-63(2)57-12-6-3-9-51(57)52-34-33-50(39-58(52)63)64(48-29-23-42(24-30-48)40-15-19-44(20-16-40)46-27-35-61-55(37-46)53-10-4-7-13-59(53)65-61)49-31-25-43(26-32-49)41-17-21-45(22-18-41)47-28-36-62-56(38-47)54-11-5-8-14-60(54)66-62/h3-17,19-21,23-39H,1-2H3. The Labute approximate surface area is 393 Å². The Morgan fingerprint density at radius 2 is 0.773 bits per heavy atom. The first-order valence-corrected chi connectivity index (χ1v) is 24.2. The summed E-state index contributed by atoms with van der Waals surface area (Å²) in [4.78, 5) is 2.39. The van der Waals surface area contributed by atoms with E-state index < -0.39 is 0 Å². The number of rotatable bonds is 7. The molecule has 0 saturated heterocycles. The van der Waals surface area contributed by atoms with Crippen LogP contribution in [0, 0.1) is 12.1 Å². The highest BCUT2D eigenvalue weighted by molar-refractivity contribution is 7.26. The van der Waals surface area contributed by atoms with Gasteiger partial charge in [-0.3, -0.25) is 0 Å². The molecule has 1 nitrogen and oxygen atoms in total. The van der Waals surface area contributed by atoms with Gasteiger partial charge in [0, 0.05) is 73.9 Å². The Morgan fingerprint density at radius 3 is 1.39 bits per heavy atom. The van der Waals surface area contributed by atoms with Gasteiger partial charge in [-0.2, -0.15) is 0 Å². The van der Waals surface area contributed by atoms with Crippen molar-refractivity contribution in [1.82, 2.24) is 0 Å². The quantitative estimate of drug-likeness (QED) is 0.154. The van der Waals surface area contributed by atoms with Crippen LogP contribution in [0.15, 0.2) is 212 Å². The molecule has 2 aromatic heterocycles. The first-order valence-electron chi connectivity index (χ1n) is 22.6. The maximum atomic E-state index is 3.50. The fourth-order valence-electron chi connectivity index (χ4n) is 10.2. The molecule has 0 amide bonds. The van der Waals surface area contributed by atoms with Crippen molar-refractivity contribution in [2.24, 2.45) is 0 Å². The molecule has 0 unspecified atom stereocenters. The fraction of sp³-hybridized carbons (Fsp3) is 0.0476. The lowest BCUT2D eigenvalue weighted by atomic mass is 9.82. The maximum Gasteiger partial charge on any atom is 0.0465 e. The summed E-state index contributed by atoms with van der Waals surface area (Å²) in [5, 5.41) is 5.26. The summed E-state index contributed by atoms with van der Waals surface area (Å²) in [5.41, 5.74) is 17.8. The van der Waals surface area contributed by atoms with Crippen molar-refractivity contribution in [2.45, 2.75) is 19.3 Å². The molecule has 2 heterocycles. The molecule has 0 atom stereocenters. The zero-order valence-corrected chi connectivity index (χ0v) is 38.1. The summed E-state index contributed by atoms with van der Waals surface area (Å²) in [6.07, 6.45) is 0. The van der Waals surface area contributed by atoms with E-state index in [0.717, 1.165) is 39.3 Å². The lowest BCUT2D eigenvalue weighted by Gasteiger charge is -2.28. The molecule has 0 bridgehead atoms. The van der Waals surface area contributed by atoms with Gasteiger partial charge in [-0.25, -0.2) is 0 Å². The van der Waals surface area contributed by atoms with Gasteiger partial charge in [0.1, 0.15) is 0 Å². The summed E-state index contributed by atoms with van der Waals surface area (Å²) in [6.45, 7) is 4.70. The van der Waals surface area contributed by atoms with Gasteiger partial charge in [0.2, 0.25) is 0 Å². The highest BCUT2D eigenvalue weighted by Crippen LogP contribution is 2.51. The summed E-state index contributed by atoms with van der Waals surface area (Å²) >= 11 is 3.71. The molecular weight excluding hydrogens is 835 g/mol. The number of anilines is 3. The molecule has 310 valence electrons. The van der Waals surface area contributed by atoms with E-state index in [9.17, 15) is 0 Å². The van der Waals surface area contributed by atoms with Crippen molar-refractivity contribution in [3.8, 4) is 55.6 Å². The van der Waals surface area contributed by atoms with Crippen LogP contribution < -0.4 is 4.90 Å². The van der Waals surface area contributed by atoms with Gasteiger partial charge in [-0.05, 0) is 141 Å². The van der Waals surface area contributed by atoms with Gasteiger partial charge in [-0.15, -0.1) is 22.7 Å². The zero-order chi connectivity index (χ0) is 43.9. The SMILES string of the molecule is CC1(C)c2ccccc2-c2ccc(N(c3ccc(-c4c#cc(-c5ccc6sc7ccccc7c6c5)cc4)cc3)c3ccc(-c4ccc(-c5ccc6sc7ccccc7c6c5)cc4)cc3)cc21. The Morgan fingerprint density at radius 1 is 0.333 bits per heavy atom. The normalized spacial score (nSPS) is 12.7. The monoisotopic (exact) mass is 875 g/mol. The molecule has 10 aromatic carbocycles. The largest absolute Gasteiger partial charge is 0.310 e. The van der Waals surface area contributed by atoms with Crippen LogP contribution in [0.2, 0.25) is 0 Å². The van der Waals surface area contributed by atoms with Gasteiger partial charge >= 0.3 is 0 Å². The average molecular weight is 876 g/mol. The third kappa shape index (κ3) is 6.37. The molecule has 66 heavy (non-hydrogen) atoms. The van der Waals surface area contributed by atoms with E-state index >= 15 is 0 Å². The Hall–Kier alpha value is -7.74. The summed E-state index contributed by atoms with van der Waals surface area (Å²) in [6, 6.07) is 85.1. The van der Waals surface area contributed by atoms with Crippen LogP contribution in [0.5, 0.6) is 0 Å². The topological polar surface area (TPSA) is 3.24 Å². The van der Waals surface area contributed by atoms with Crippen molar-refractivity contribution in [1.29, 1.82) is 0 Å². The van der Waals surface area contributed by atoms with Gasteiger partial charge in [0.05, 0.1) is 0 Å². The minimum Gasteiger partial charge on any atom is -0.310 e. The van der Waals surface area contributed by atoms with Crippen LogP contribution in [0.4, 0.5) is 17.1 Å². The molecule has 0 spiro atoms. The Kier molecular flexibility index (Phi) is 8.90. The number of benzene rings is 9. The van der Waals surface area contributed by atoms with E-state index in [-0.39, 0.29) is 5.41 Å². The predicted molar refractivity (Wildman–Crippen MR) is 284 cm³/mol. The Bertz CT molecular complexity index is 3610. The molecule has 12 aromatic rings. The van der Waals surface area contributed by atoms with E-state index in [2.05, 4.69) is 243 Å². The second-order valence-electron chi connectivity index (χ2n) is 17.9. The number of hydrogen-bond acceptors (Lipinski definition) is 3. The van der Waals surface area contributed by atoms with Crippen molar-refractivity contribution in [3.63, 3.8) is 0 Å². The van der Waals surface area contributed by atoms with Gasteiger partial charge in [0.25, 0.3) is 0 Å². The molecule has 0 radical (unpaired) electrons. The fourth-order valence-corrected chi connectivity index (χ4v) is 12.4. The van der Waals surface area contributed by atoms with Crippen molar-refractivity contribution in [2.75, 3.05) is 4.90 Å². The molecular formula is C63H41NS2. The van der Waals surface area contributed by atoms with Crippen LogP contribution in [-0.2, 0) is 5.41 Å². The minimum atomic E-state index is -0.113. The van der Waals surface area contributed by atoms with Crippen molar-refractivity contribution >= 4 is 80.1 Å². The number of fused-ring (bicyclic) bond motifs is 9. The number of thiophene rings is 2. The zero-order valence-electron chi connectivity index (χ0n) is 36.5. The van der Waals surface area contributed by atoms with Crippen LogP contribution in [0.25, 0.3) is 96.0 Å². The van der Waals surface area contributed by atoms with E-state index in [4.69, 9.17) is 0 Å². The molecule has 0 saturated carbocycles. The third-order valence-corrected chi connectivity index (χ3v) is 16.1. The highest BCUT2D eigenvalue weighted by Gasteiger charge is 2.35. The predicted octanol–water partition coefficient (Wildman–Crippen LogP) is 18.5. The molecule has 1 aliphatic carbocycles. The second kappa shape index (κ2) is 15.2. The van der Waals surface area contributed by atoms with Crippen molar-refractivity contribution < 1.29 is 0 Å². The van der Waals surface area contributed by atoms with E-state index in [1.807, 2.05) is 22.7 Å². The lowest BCUT2D eigenvalue weighted by molar-refractivity contribution is 0.660. The average Bonchev–Trinajstić information content (AvgIpc) is 4.01. The van der Waals surface area contributed by atoms with E-state index in [0.29, 0.717) is 0 Å². The molecule has 0 fully saturated rings. The smallest absolute Gasteiger partial charge is 0.0465 e. The summed E-state index contributed by atoms with van der Waals surface area (Å²) < 4.78 is 5.29. The van der Waals surface area contributed by atoms with E-state index in [1.165, 1.54) is 84.9 Å². The molecule has 3 heteroatoms. The Balaban J connectivity index is 0.821.